The fraction of sp³-hybridized carbons (Fsp3) is 0.250. The van der Waals surface area contributed by atoms with Crippen LogP contribution in [0.3, 0.4) is 0 Å². The van der Waals surface area contributed by atoms with Crippen LogP contribution in [0, 0.1) is 5.82 Å². The van der Waals surface area contributed by atoms with Crippen molar-refractivity contribution in [3.05, 3.63) is 66.0 Å². The molecule has 5 rings (SSSR count). The van der Waals surface area contributed by atoms with E-state index in [0.717, 1.165) is 20.6 Å². The van der Waals surface area contributed by atoms with Crippen molar-refractivity contribution in [2.24, 2.45) is 0 Å². The Kier molecular flexibility index (Phi) is 5.19. The number of piperazine rings is 1. The van der Waals surface area contributed by atoms with Gasteiger partial charge in [0.2, 0.25) is 0 Å². The van der Waals surface area contributed by atoms with Gasteiger partial charge in [0, 0.05) is 26.2 Å². The molecule has 31 heavy (non-hydrogen) atoms. The van der Waals surface area contributed by atoms with Crippen LogP contribution in [0.15, 0.2) is 54.6 Å². The van der Waals surface area contributed by atoms with E-state index in [1.54, 1.807) is 6.07 Å². The van der Waals surface area contributed by atoms with E-state index in [0.29, 0.717) is 49.6 Å². The molecule has 1 aromatic heterocycles. The molecule has 0 bridgehead atoms. The first-order valence-corrected chi connectivity index (χ1v) is 11.2. The number of carbonyl (C=O) groups excluding carboxylic acids is 1. The quantitative estimate of drug-likeness (QED) is 0.455. The zero-order valence-corrected chi connectivity index (χ0v) is 18.0. The van der Waals surface area contributed by atoms with Crippen molar-refractivity contribution in [2.75, 3.05) is 37.7 Å². The van der Waals surface area contributed by atoms with Crippen LogP contribution in [0.5, 0.6) is 5.75 Å². The highest BCUT2D eigenvalue weighted by atomic mass is 32.1. The van der Waals surface area contributed by atoms with Crippen LogP contribution >= 0.6 is 11.3 Å². The molecular formula is C24H22FN3O2S. The van der Waals surface area contributed by atoms with Gasteiger partial charge in [-0.3, -0.25) is 4.79 Å². The van der Waals surface area contributed by atoms with E-state index in [-0.39, 0.29) is 11.7 Å². The number of anilines is 1. The Morgan fingerprint density at radius 2 is 1.87 bits per heavy atom. The van der Waals surface area contributed by atoms with E-state index in [9.17, 15) is 9.18 Å². The molecule has 1 aliphatic heterocycles. The van der Waals surface area contributed by atoms with Gasteiger partial charge < -0.3 is 14.5 Å². The molecule has 1 saturated heterocycles. The minimum Gasteiger partial charge on any atom is -0.493 e. The van der Waals surface area contributed by atoms with Gasteiger partial charge in [-0.25, -0.2) is 9.37 Å². The van der Waals surface area contributed by atoms with Gasteiger partial charge in [0.15, 0.2) is 5.13 Å². The SMILES string of the molecule is CCOc1ccc2ccccc2c1C(=O)N1CCN(c2nc3c(F)cccc3s2)CC1. The van der Waals surface area contributed by atoms with Gasteiger partial charge in [0.25, 0.3) is 5.91 Å². The molecule has 1 fully saturated rings. The smallest absolute Gasteiger partial charge is 0.258 e. The first-order valence-electron chi connectivity index (χ1n) is 10.4. The number of halogens is 1. The molecule has 3 aromatic carbocycles. The van der Waals surface area contributed by atoms with Crippen molar-refractivity contribution >= 4 is 43.4 Å². The van der Waals surface area contributed by atoms with Gasteiger partial charge in [0.05, 0.1) is 16.9 Å². The molecule has 0 unspecified atom stereocenters. The van der Waals surface area contributed by atoms with E-state index in [2.05, 4.69) is 9.88 Å². The highest BCUT2D eigenvalue weighted by Crippen LogP contribution is 2.32. The topological polar surface area (TPSA) is 45.7 Å². The number of benzene rings is 3. The number of thiazole rings is 1. The van der Waals surface area contributed by atoms with Crippen LogP contribution in [0.1, 0.15) is 17.3 Å². The molecule has 4 aromatic rings. The summed E-state index contributed by atoms with van der Waals surface area (Å²) in [5.41, 5.74) is 1.04. The van der Waals surface area contributed by atoms with E-state index in [1.165, 1.54) is 17.4 Å². The summed E-state index contributed by atoms with van der Waals surface area (Å²) in [4.78, 5) is 22.0. The Labute approximate surface area is 183 Å². The van der Waals surface area contributed by atoms with E-state index in [4.69, 9.17) is 4.74 Å². The minimum absolute atomic E-state index is 0.0183. The maximum absolute atomic E-state index is 14.0. The van der Waals surface area contributed by atoms with Gasteiger partial charge in [-0.05, 0) is 35.9 Å². The summed E-state index contributed by atoms with van der Waals surface area (Å²) in [5, 5.41) is 2.72. The summed E-state index contributed by atoms with van der Waals surface area (Å²) in [6.07, 6.45) is 0. The van der Waals surface area contributed by atoms with Crippen molar-refractivity contribution in [1.29, 1.82) is 0 Å². The summed E-state index contributed by atoms with van der Waals surface area (Å²) in [5.74, 6) is 0.304. The number of fused-ring (bicyclic) bond motifs is 2. The third kappa shape index (κ3) is 3.59. The maximum Gasteiger partial charge on any atom is 0.258 e. The Morgan fingerprint density at radius 3 is 2.65 bits per heavy atom. The fourth-order valence-electron chi connectivity index (χ4n) is 4.05. The average molecular weight is 436 g/mol. The first kappa shape index (κ1) is 19.8. The molecule has 158 valence electrons. The Balaban J connectivity index is 1.39. The van der Waals surface area contributed by atoms with Crippen LogP contribution in [-0.2, 0) is 0 Å². The second-order valence-corrected chi connectivity index (χ2v) is 8.46. The molecule has 7 heteroatoms. The van der Waals surface area contributed by atoms with Gasteiger partial charge in [-0.2, -0.15) is 0 Å². The maximum atomic E-state index is 14.0. The lowest BCUT2D eigenvalue weighted by Crippen LogP contribution is -2.48. The Morgan fingerprint density at radius 1 is 1.06 bits per heavy atom. The zero-order chi connectivity index (χ0) is 21.4. The average Bonchev–Trinajstić information content (AvgIpc) is 3.25. The highest BCUT2D eigenvalue weighted by molar-refractivity contribution is 7.22. The molecule has 0 spiro atoms. The van der Waals surface area contributed by atoms with Crippen LogP contribution < -0.4 is 9.64 Å². The molecule has 5 nitrogen and oxygen atoms in total. The largest absolute Gasteiger partial charge is 0.493 e. The monoisotopic (exact) mass is 435 g/mol. The van der Waals surface area contributed by atoms with Crippen molar-refractivity contribution in [3.63, 3.8) is 0 Å². The summed E-state index contributed by atoms with van der Waals surface area (Å²) < 4.78 is 20.6. The third-order valence-electron chi connectivity index (χ3n) is 5.60. The van der Waals surface area contributed by atoms with Crippen LogP contribution in [0.2, 0.25) is 0 Å². The van der Waals surface area contributed by atoms with Gasteiger partial charge >= 0.3 is 0 Å². The Bertz CT molecular complexity index is 1260. The molecule has 0 radical (unpaired) electrons. The normalized spacial score (nSPS) is 14.4. The lowest BCUT2D eigenvalue weighted by Gasteiger charge is -2.35. The van der Waals surface area contributed by atoms with Gasteiger partial charge in [0.1, 0.15) is 17.1 Å². The zero-order valence-electron chi connectivity index (χ0n) is 17.2. The van der Waals surface area contributed by atoms with Crippen molar-refractivity contribution in [3.8, 4) is 5.75 Å². The highest BCUT2D eigenvalue weighted by Gasteiger charge is 2.27. The van der Waals surface area contributed by atoms with Crippen LogP contribution in [0.4, 0.5) is 9.52 Å². The van der Waals surface area contributed by atoms with Crippen molar-refractivity contribution in [1.82, 2.24) is 9.88 Å². The minimum atomic E-state index is -0.298. The number of aromatic nitrogens is 1. The number of carbonyl (C=O) groups is 1. The summed E-state index contributed by atoms with van der Waals surface area (Å²) in [7, 11) is 0. The number of ether oxygens (including phenoxy) is 1. The van der Waals surface area contributed by atoms with Crippen LogP contribution in [-0.4, -0.2) is 48.6 Å². The van der Waals surface area contributed by atoms with E-state index >= 15 is 0 Å². The van der Waals surface area contributed by atoms with Crippen molar-refractivity contribution in [2.45, 2.75) is 6.92 Å². The number of hydrogen-bond acceptors (Lipinski definition) is 5. The molecule has 0 N–H and O–H groups in total. The predicted molar refractivity (Wildman–Crippen MR) is 123 cm³/mol. The second-order valence-electron chi connectivity index (χ2n) is 7.46. The van der Waals surface area contributed by atoms with Gasteiger partial charge in [-0.15, -0.1) is 0 Å². The molecule has 2 heterocycles. The Hall–Kier alpha value is -3.19. The number of amides is 1. The third-order valence-corrected chi connectivity index (χ3v) is 6.68. The molecular weight excluding hydrogens is 413 g/mol. The summed E-state index contributed by atoms with van der Waals surface area (Å²) in [6, 6.07) is 16.8. The van der Waals surface area contributed by atoms with Crippen LogP contribution in [0.25, 0.3) is 21.0 Å². The van der Waals surface area contributed by atoms with Gasteiger partial charge in [-0.1, -0.05) is 47.7 Å². The lowest BCUT2D eigenvalue weighted by molar-refractivity contribution is 0.0744. The molecule has 0 aliphatic carbocycles. The lowest BCUT2D eigenvalue weighted by atomic mass is 10.0. The number of para-hydroxylation sites is 1. The molecule has 1 aliphatic rings. The standard InChI is InChI=1S/C24H22FN3O2S/c1-2-30-19-11-10-16-6-3-4-7-17(16)21(19)23(29)27-12-14-28(15-13-27)24-26-22-18(25)8-5-9-20(22)31-24/h3-11H,2,12-15H2,1H3. The number of nitrogens with zero attached hydrogens (tertiary/aromatic N) is 3. The second kappa shape index (κ2) is 8.15. The van der Waals surface area contributed by atoms with E-state index < -0.39 is 0 Å². The number of rotatable bonds is 4. The predicted octanol–water partition coefficient (Wildman–Crippen LogP) is 4.95. The van der Waals surface area contributed by atoms with Crippen molar-refractivity contribution < 1.29 is 13.9 Å². The first-order chi connectivity index (χ1) is 15.2. The molecule has 0 atom stereocenters. The number of hydrogen-bond donors (Lipinski definition) is 0. The fourth-order valence-corrected chi connectivity index (χ4v) is 5.08. The molecule has 1 amide bonds. The molecule has 0 saturated carbocycles. The van der Waals surface area contributed by atoms with E-state index in [1.807, 2.05) is 54.3 Å². The summed E-state index contributed by atoms with van der Waals surface area (Å²) in [6.45, 7) is 4.88. The summed E-state index contributed by atoms with van der Waals surface area (Å²) >= 11 is 1.49.